The molecule has 0 aliphatic heterocycles. The quantitative estimate of drug-likeness (QED) is 0.714. The summed E-state index contributed by atoms with van der Waals surface area (Å²) in [5, 5.41) is 5.06. The molecule has 1 rings (SSSR count). The van der Waals surface area contributed by atoms with Gasteiger partial charge in [0.25, 0.3) is 5.56 Å². The Kier molecular flexibility index (Phi) is 6.00. The monoisotopic (exact) mass is 331 g/mol. The van der Waals surface area contributed by atoms with Crippen molar-refractivity contribution < 1.29 is 4.74 Å². The fraction of sp³-hybridized carbons (Fsp3) is 0.692. The highest BCUT2D eigenvalue weighted by Crippen LogP contribution is 2.19. The molecule has 0 aliphatic rings. The second-order valence-corrected chi connectivity index (χ2v) is 5.98. The molecule has 0 fully saturated rings. The number of rotatable bonds is 7. The predicted molar refractivity (Wildman–Crippen MR) is 81.2 cm³/mol. The molecule has 0 unspecified atom stereocenters. The Morgan fingerprint density at radius 3 is 2.74 bits per heavy atom. The summed E-state index contributed by atoms with van der Waals surface area (Å²) in [5.41, 5.74) is 0.742. The van der Waals surface area contributed by atoms with Crippen LogP contribution in [0, 0.1) is 5.41 Å². The molecule has 0 N–H and O–H groups in total. The molecule has 0 aromatic carbocycles. The average molecular weight is 332 g/mol. The number of methoxy groups -OCH3 is 1. The molecule has 0 saturated carbocycles. The van der Waals surface area contributed by atoms with E-state index in [0.717, 1.165) is 17.6 Å². The summed E-state index contributed by atoms with van der Waals surface area (Å²) in [5.74, 6) is 0. The Labute approximate surface area is 122 Å². The third kappa shape index (κ3) is 4.95. The van der Waals surface area contributed by atoms with Gasteiger partial charge in [-0.3, -0.25) is 4.79 Å². The Bertz CT molecular complexity index is 459. The molecule has 0 aliphatic carbocycles. The zero-order chi connectivity index (χ0) is 14.5. The van der Waals surface area contributed by atoms with E-state index in [4.69, 9.17) is 4.74 Å². The highest BCUT2D eigenvalue weighted by atomic mass is 79.9. The molecule has 1 aromatic heterocycles. The van der Waals surface area contributed by atoms with Crippen LogP contribution in [0.4, 0.5) is 5.69 Å². The van der Waals surface area contributed by atoms with Gasteiger partial charge in [-0.15, -0.1) is 0 Å². The number of hydrogen-bond donors (Lipinski definition) is 0. The van der Waals surface area contributed by atoms with Gasteiger partial charge in [0.15, 0.2) is 0 Å². The van der Waals surface area contributed by atoms with E-state index in [1.54, 1.807) is 19.4 Å². The van der Waals surface area contributed by atoms with Crippen molar-refractivity contribution in [2.45, 2.75) is 20.4 Å². The van der Waals surface area contributed by atoms with Crippen molar-refractivity contribution in [3.05, 3.63) is 22.6 Å². The highest BCUT2D eigenvalue weighted by molar-refractivity contribution is 9.09. The van der Waals surface area contributed by atoms with Gasteiger partial charge in [0.05, 0.1) is 25.0 Å². The Morgan fingerprint density at radius 2 is 2.21 bits per heavy atom. The molecule has 0 bridgehead atoms. The molecular weight excluding hydrogens is 310 g/mol. The number of halogens is 1. The smallest absolute Gasteiger partial charge is 0.268 e. The third-order valence-electron chi connectivity index (χ3n) is 2.87. The molecule has 0 amide bonds. The number of anilines is 1. The van der Waals surface area contributed by atoms with E-state index in [1.165, 1.54) is 4.68 Å². The van der Waals surface area contributed by atoms with E-state index in [0.29, 0.717) is 13.2 Å². The zero-order valence-corrected chi connectivity index (χ0v) is 13.6. The Balaban J connectivity index is 2.83. The molecular formula is C13H22BrN3O2. The zero-order valence-electron chi connectivity index (χ0n) is 12.0. The van der Waals surface area contributed by atoms with Crippen LogP contribution < -0.4 is 10.5 Å². The van der Waals surface area contributed by atoms with E-state index < -0.39 is 0 Å². The van der Waals surface area contributed by atoms with Crippen molar-refractivity contribution in [2.75, 3.05) is 37.5 Å². The van der Waals surface area contributed by atoms with Crippen molar-refractivity contribution in [3.8, 4) is 0 Å². The lowest BCUT2D eigenvalue weighted by Gasteiger charge is -2.23. The number of nitrogens with zero attached hydrogens (tertiary/aromatic N) is 3. The number of aromatic nitrogens is 2. The summed E-state index contributed by atoms with van der Waals surface area (Å²) in [6.07, 6.45) is 1.72. The summed E-state index contributed by atoms with van der Waals surface area (Å²) >= 11 is 3.45. The largest absolute Gasteiger partial charge is 0.383 e. The van der Waals surface area contributed by atoms with Crippen LogP contribution in [-0.2, 0) is 11.3 Å². The number of likely N-dealkylation sites (N-methyl/N-ethyl adjacent to an activating group) is 1. The van der Waals surface area contributed by atoms with Crippen molar-refractivity contribution in [1.29, 1.82) is 0 Å². The summed E-state index contributed by atoms with van der Waals surface area (Å²) in [6, 6.07) is 1.62. The van der Waals surface area contributed by atoms with Gasteiger partial charge in [-0.2, -0.15) is 5.10 Å². The summed E-state index contributed by atoms with van der Waals surface area (Å²) in [6.45, 7) is 6.13. The van der Waals surface area contributed by atoms with Gasteiger partial charge in [0, 0.05) is 32.1 Å². The first-order valence-electron chi connectivity index (χ1n) is 6.23. The molecule has 0 spiro atoms. The molecule has 1 aromatic rings. The second kappa shape index (κ2) is 7.05. The molecule has 6 heteroatoms. The van der Waals surface area contributed by atoms with Gasteiger partial charge in [-0.25, -0.2) is 4.68 Å². The lowest BCUT2D eigenvalue weighted by atomic mass is 9.97. The molecule has 0 atom stereocenters. The third-order valence-corrected chi connectivity index (χ3v) is 4.38. The lowest BCUT2D eigenvalue weighted by Crippen LogP contribution is -2.32. The minimum Gasteiger partial charge on any atom is -0.383 e. The maximum Gasteiger partial charge on any atom is 0.268 e. The van der Waals surface area contributed by atoms with Crippen LogP contribution in [0.25, 0.3) is 0 Å². The van der Waals surface area contributed by atoms with Crippen LogP contribution in [0.3, 0.4) is 0 Å². The van der Waals surface area contributed by atoms with Crippen molar-refractivity contribution in [1.82, 2.24) is 9.78 Å². The van der Waals surface area contributed by atoms with Crippen LogP contribution in [0.1, 0.15) is 13.8 Å². The van der Waals surface area contributed by atoms with Gasteiger partial charge in [-0.1, -0.05) is 29.8 Å². The van der Waals surface area contributed by atoms with Gasteiger partial charge < -0.3 is 9.64 Å². The topological polar surface area (TPSA) is 47.4 Å². The predicted octanol–water partition coefficient (Wildman–Crippen LogP) is 1.75. The number of ether oxygens (including phenoxy) is 1. The first-order chi connectivity index (χ1) is 8.89. The molecule has 19 heavy (non-hydrogen) atoms. The molecule has 0 radical (unpaired) electrons. The fourth-order valence-corrected chi connectivity index (χ4v) is 1.73. The van der Waals surface area contributed by atoms with Gasteiger partial charge in [-0.05, 0) is 5.41 Å². The van der Waals surface area contributed by atoms with Crippen LogP contribution >= 0.6 is 15.9 Å². The van der Waals surface area contributed by atoms with Crippen LogP contribution in [0.15, 0.2) is 17.1 Å². The number of hydrogen-bond acceptors (Lipinski definition) is 4. The Morgan fingerprint density at radius 1 is 1.53 bits per heavy atom. The van der Waals surface area contributed by atoms with E-state index >= 15 is 0 Å². The molecule has 5 nitrogen and oxygen atoms in total. The van der Waals surface area contributed by atoms with E-state index in [9.17, 15) is 4.79 Å². The van der Waals surface area contributed by atoms with Gasteiger partial charge in [0.1, 0.15) is 0 Å². The number of alkyl halides is 1. The van der Waals surface area contributed by atoms with Crippen LogP contribution in [-0.4, -0.2) is 42.4 Å². The van der Waals surface area contributed by atoms with Crippen molar-refractivity contribution in [3.63, 3.8) is 0 Å². The summed E-state index contributed by atoms with van der Waals surface area (Å²) in [7, 11) is 3.58. The SMILES string of the molecule is COCCN(C)c1cnn(CC(C)(C)CBr)c(=O)c1. The average Bonchev–Trinajstić information content (AvgIpc) is 2.38. The van der Waals surface area contributed by atoms with Gasteiger partial charge >= 0.3 is 0 Å². The van der Waals surface area contributed by atoms with Gasteiger partial charge in [0.2, 0.25) is 0 Å². The molecule has 0 saturated heterocycles. The molecule has 108 valence electrons. The first-order valence-corrected chi connectivity index (χ1v) is 7.35. The van der Waals surface area contributed by atoms with Crippen molar-refractivity contribution >= 4 is 21.6 Å². The summed E-state index contributed by atoms with van der Waals surface area (Å²) < 4.78 is 6.53. The van der Waals surface area contributed by atoms with E-state index in [2.05, 4.69) is 34.9 Å². The van der Waals surface area contributed by atoms with Crippen LogP contribution in [0.5, 0.6) is 0 Å². The minimum atomic E-state index is -0.0733. The van der Waals surface area contributed by atoms with Crippen LogP contribution in [0.2, 0.25) is 0 Å². The lowest BCUT2D eigenvalue weighted by molar-refractivity contribution is 0.206. The highest BCUT2D eigenvalue weighted by Gasteiger charge is 2.18. The minimum absolute atomic E-state index is 0.000293. The molecule has 1 heterocycles. The standard InChI is InChI=1S/C13H22BrN3O2/c1-13(2,9-14)10-17-12(18)7-11(8-15-17)16(3)5-6-19-4/h7-8H,5-6,9-10H2,1-4H3. The normalized spacial score (nSPS) is 11.6. The van der Waals surface area contributed by atoms with E-state index in [1.807, 2.05) is 11.9 Å². The van der Waals surface area contributed by atoms with Crippen molar-refractivity contribution in [2.24, 2.45) is 5.41 Å². The van der Waals surface area contributed by atoms with E-state index in [-0.39, 0.29) is 11.0 Å². The second-order valence-electron chi connectivity index (χ2n) is 5.42. The maximum absolute atomic E-state index is 12.0. The summed E-state index contributed by atoms with van der Waals surface area (Å²) in [4.78, 5) is 14.0. The fourth-order valence-electron chi connectivity index (χ4n) is 1.56. The maximum atomic E-state index is 12.0. The first kappa shape index (κ1) is 16.2. The Hall–Kier alpha value is -0.880.